The molecule has 3 aromatic rings. The maximum atomic E-state index is 13.1. The average Bonchev–Trinajstić information content (AvgIpc) is 3.23. The first kappa shape index (κ1) is 22.0. The molecule has 0 amide bonds. The van der Waals surface area contributed by atoms with Crippen molar-refractivity contribution in [1.82, 2.24) is 19.4 Å². The van der Waals surface area contributed by atoms with Crippen LogP contribution >= 0.6 is 0 Å². The van der Waals surface area contributed by atoms with Crippen molar-refractivity contribution in [3.05, 3.63) is 69.9 Å². The monoisotopic (exact) mass is 461 g/mol. The summed E-state index contributed by atoms with van der Waals surface area (Å²) in [7, 11) is -3.86. The van der Waals surface area contributed by atoms with Gasteiger partial charge >= 0.3 is 0 Å². The molecule has 12 heteroatoms. The molecule has 2 aromatic carbocycles. The van der Waals surface area contributed by atoms with Crippen molar-refractivity contribution in [2.24, 2.45) is 0 Å². The van der Waals surface area contributed by atoms with Gasteiger partial charge in [0.15, 0.2) is 0 Å². The molecule has 0 spiro atoms. The highest BCUT2D eigenvalue weighted by atomic mass is 32.2. The van der Waals surface area contributed by atoms with Gasteiger partial charge in [0.05, 0.1) is 16.4 Å². The van der Waals surface area contributed by atoms with Gasteiger partial charge in [-0.3, -0.25) is 15.0 Å². The molecule has 1 fully saturated rings. The largest absolute Gasteiger partial charge is 0.419 e. The van der Waals surface area contributed by atoms with Gasteiger partial charge in [0.25, 0.3) is 5.69 Å². The SMILES string of the molecule is Cc1ccc([N+](=O)[O-])cc1S(=O)(=O)N1CCN(Cc2nnc(-c3ccc(F)cc3)o2)CC1. The number of hydrogen-bond donors (Lipinski definition) is 0. The summed E-state index contributed by atoms with van der Waals surface area (Å²) in [6.07, 6.45) is 0. The number of sulfonamides is 1. The van der Waals surface area contributed by atoms with E-state index in [2.05, 4.69) is 10.2 Å². The predicted molar refractivity (Wildman–Crippen MR) is 112 cm³/mol. The lowest BCUT2D eigenvalue weighted by Crippen LogP contribution is -2.48. The van der Waals surface area contributed by atoms with Crippen molar-refractivity contribution in [2.45, 2.75) is 18.4 Å². The van der Waals surface area contributed by atoms with E-state index in [9.17, 15) is 22.9 Å². The summed E-state index contributed by atoms with van der Waals surface area (Å²) in [6.45, 7) is 3.27. The van der Waals surface area contributed by atoms with E-state index >= 15 is 0 Å². The van der Waals surface area contributed by atoms with Crippen molar-refractivity contribution >= 4 is 15.7 Å². The van der Waals surface area contributed by atoms with Gasteiger partial charge in [-0.1, -0.05) is 6.07 Å². The van der Waals surface area contributed by atoms with Crippen LogP contribution in [0.2, 0.25) is 0 Å². The highest BCUT2D eigenvalue weighted by molar-refractivity contribution is 7.89. The second-order valence-corrected chi connectivity index (χ2v) is 9.30. The number of halogens is 1. The third-order valence-electron chi connectivity index (χ3n) is 5.25. The summed E-state index contributed by atoms with van der Waals surface area (Å²) < 4.78 is 46.1. The van der Waals surface area contributed by atoms with Crippen LogP contribution in [0.1, 0.15) is 11.5 Å². The van der Waals surface area contributed by atoms with E-state index in [-0.39, 0.29) is 35.4 Å². The molecular formula is C20H20FN5O5S. The molecule has 0 radical (unpaired) electrons. The Bertz CT molecular complexity index is 1240. The van der Waals surface area contributed by atoms with Gasteiger partial charge in [-0.15, -0.1) is 10.2 Å². The highest BCUT2D eigenvalue weighted by Crippen LogP contribution is 2.26. The first-order chi connectivity index (χ1) is 15.2. The van der Waals surface area contributed by atoms with Crippen LogP contribution in [0, 0.1) is 22.9 Å². The van der Waals surface area contributed by atoms with Crippen molar-refractivity contribution in [1.29, 1.82) is 0 Å². The lowest BCUT2D eigenvalue weighted by Gasteiger charge is -2.33. The second kappa shape index (κ2) is 8.73. The van der Waals surface area contributed by atoms with Crippen molar-refractivity contribution < 1.29 is 22.1 Å². The number of non-ortho nitro benzene ring substituents is 1. The molecule has 0 unspecified atom stereocenters. The minimum absolute atomic E-state index is 0.0546. The Kier molecular flexibility index (Phi) is 6.00. The van der Waals surface area contributed by atoms with Crippen molar-refractivity contribution in [3.63, 3.8) is 0 Å². The van der Waals surface area contributed by atoms with Crippen LogP contribution in [-0.4, -0.2) is 58.9 Å². The number of hydrogen-bond acceptors (Lipinski definition) is 8. The average molecular weight is 461 g/mol. The van der Waals surface area contributed by atoms with Gasteiger partial charge in [0.1, 0.15) is 5.82 Å². The summed E-state index contributed by atoms with van der Waals surface area (Å²) in [4.78, 5) is 12.4. The van der Waals surface area contributed by atoms with Crippen LogP contribution in [0.15, 0.2) is 51.8 Å². The number of aromatic nitrogens is 2. The standard InChI is InChI=1S/C20H20FN5O5S/c1-14-2-7-17(26(27)28)12-18(14)32(29,30)25-10-8-24(9-11-25)13-19-22-23-20(31-19)15-3-5-16(21)6-4-15/h2-7,12H,8-11,13H2,1H3. The molecular weight excluding hydrogens is 441 g/mol. The van der Waals surface area contributed by atoms with Crippen LogP contribution in [0.5, 0.6) is 0 Å². The molecule has 0 N–H and O–H groups in total. The zero-order valence-corrected chi connectivity index (χ0v) is 18.0. The smallest absolute Gasteiger partial charge is 0.270 e. The molecule has 168 valence electrons. The van der Waals surface area contributed by atoms with E-state index in [1.807, 2.05) is 4.90 Å². The third-order valence-corrected chi connectivity index (χ3v) is 7.29. The normalized spacial score (nSPS) is 15.7. The Morgan fingerprint density at radius 2 is 1.78 bits per heavy atom. The molecule has 2 heterocycles. The molecule has 1 aliphatic heterocycles. The van der Waals surface area contributed by atoms with Gasteiger partial charge in [-0.05, 0) is 36.8 Å². The summed E-state index contributed by atoms with van der Waals surface area (Å²) in [5, 5.41) is 19.0. The Labute approximate surface area is 183 Å². The summed E-state index contributed by atoms with van der Waals surface area (Å²) >= 11 is 0. The number of benzene rings is 2. The number of piperazine rings is 1. The number of aryl methyl sites for hydroxylation is 1. The zero-order chi connectivity index (χ0) is 22.9. The fraction of sp³-hybridized carbons (Fsp3) is 0.300. The highest BCUT2D eigenvalue weighted by Gasteiger charge is 2.31. The van der Waals surface area contributed by atoms with Crippen LogP contribution < -0.4 is 0 Å². The second-order valence-electron chi connectivity index (χ2n) is 7.39. The summed E-state index contributed by atoms with van der Waals surface area (Å²) in [6, 6.07) is 9.54. The lowest BCUT2D eigenvalue weighted by molar-refractivity contribution is -0.385. The summed E-state index contributed by atoms with van der Waals surface area (Å²) in [5.41, 5.74) is 0.798. The topological polar surface area (TPSA) is 123 Å². The molecule has 1 aliphatic rings. The number of nitro groups is 1. The molecule has 1 aromatic heterocycles. The number of rotatable bonds is 6. The predicted octanol–water partition coefficient (Wildman–Crippen LogP) is 2.60. The van der Waals surface area contributed by atoms with E-state index in [1.54, 1.807) is 19.1 Å². The number of nitrogens with zero attached hydrogens (tertiary/aromatic N) is 5. The molecule has 0 atom stereocenters. The van der Waals surface area contributed by atoms with Crippen LogP contribution in [0.3, 0.4) is 0 Å². The van der Waals surface area contributed by atoms with E-state index < -0.39 is 14.9 Å². The number of nitro benzene ring substituents is 1. The molecule has 0 saturated carbocycles. The van der Waals surface area contributed by atoms with Crippen LogP contribution in [0.4, 0.5) is 10.1 Å². The first-order valence-corrected chi connectivity index (χ1v) is 11.2. The van der Waals surface area contributed by atoms with E-state index in [0.29, 0.717) is 36.7 Å². The van der Waals surface area contributed by atoms with Gasteiger partial charge in [0, 0.05) is 43.9 Å². The molecule has 32 heavy (non-hydrogen) atoms. The fourth-order valence-corrected chi connectivity index (χ4v) is 5.13. The zero-order valence-electron chi connectivity index (χ0n) is 17.1. The Morgan fingerprint density at radius 3 is 2.44 bits per heavy atom. The fourth-order valence-electron chi connectivity index (χ4n) is 3.47. The Morgan fingerprint density at radius 1 is 1.09 bits per heavy atom. The maximum absolute atomic E-state index is 13.1. The molecule has 10 nitrogen and oxygen atoms in total. The van der Waals surface area contributed by atoms with Gasteiger partial charge in [-0.2, -0.15) is 4.31 Å². The first-order valence-electron chi connectivity index (χ1n) is 9.80. The van der Waals surface area contributed by atoms with Crippen molar-refractivity contribution in [2.75, 3.05) is 26.2 Å². The molecule has 4 rings (SSSR count). The Balaban J connectivity index is 1.41. The lowest BCUT2D eigenvalue weighted by atomic mass is 10.2. The third kappa shape index (κ3) is 4.52. The minimum Gasteiger partial charge on any atom is -0.419 e. The summed E-state index contributed by atoms with van der Waals surface area (Å²) in [5.74, 6) is 0.291. The molecule has 0 bridgehead atoms. The minimum atomic E-state index is -3.86. The van der Waals surface area contributed by atoms with Gasteiger partial charge in [0.2, 0.25) is 21.8 Å². The Hall–Kier alpha value is -3.22. The molecule has 1 saturated heterocycles. The maximum Gasteiger partial charge on any atom is 0.270 e. The molecule has 0 aliphatic carbocycles. The van der Waals surface area contributed by atoms with Crippen molar-refractivity contribution in [3.8, 4) is 11.5 Å². The quantitative estimate of drug-likeness (QED) is 0.405. The van der Waals surface area contributed by atoms with Gasteiger partial charge < -0.3 is 4.42 Å². The van der Waals surface area contributed by atoms with E-state index in [1.165, 1.54) is 28.6 Å². The van der Waals surface area contributed by atoms with Crippen LogP contribution in [0.25, 0.3) is 11.5 Å². The van der Waals surface area contributed by atoms with E-state index in [4.69, 9.17) is 4.42 Å². The van der Waals surface area contributed by atoms with Gasteiger partial charge in [-0.25, -0.2) is 12.8 Å². The van der Waals surface area contributed by atoms with Crippen LogP contribution in [-0.2, 0) is 16.6 Å². The van der Waals surface area contributed by atoms with E-state index in [0.717, 1.165) is 6.07 Å².